The molecule has 1 N–H and O–H groups in total. The van der Waals surface area contributed by atoms with Crippen LogP contribution in [0.5, 0.6) is 11.5 Å². The van der Waals surface area contributed by atoms with E-state index in [1.54, 1.807) is 14.2 Å². The van der Waals surface area contributed by atoms with Crippen LogP contribution in [0.15, 0.2) is 17.1 Å². The van der Waals surface area contributed by atoms with Crippen LogP contribution in [0.3, 0.4) is 0 Å². The van der Waals surface area contributed by atoms with Crippen molar-refractivity contribution >= 4 is 5.71 Å². The molecule has 0 spiro atoms. The van der Waals surface area contributed by atoms with Crippen LogP contribution in [0.4, 0.5) is 0 Å². The Hall–Kier alpha value is -1.55. The maximum absolute atomic E-state index is 9.23. The number of hydrogen-bond acceptors (Lipinski definition) is 4. The van der Waals surface area contributed by atoms with Gasteiger partial charge in [0.2, 0.25) is 0 Å². The average molecular weight is 221 g/mol. The number of nitrogens with zero attached hydrogens (tertiary/aromatic N) is 1. The van der Waals surface area contributed by atoms with Gasteiger partial charge in [-0.05, 0) is 24.1 Å². The van der Waals surface area contributed by atoms with E-state index in [2.05, 4.69) is 4.99 Å². The van der Waals surface area contributed by atoms with E-state index < -0.39 is 0 Å². The number of benzene rings is 1. The summed E-state index contributed by atoms with van der Waals surface area (Å²) < 4.78 is 10.5. The van der Waals surface area contributed by atoms with E-state index in [-0.39, 0.29) is 6.61 Å². The van der Waals surface area contributed by atoms with Crippen LogP contribution < -0.4 is 9.47 Å². The fraction of sp³-hybridized carbons (Fsp3) is 0.417. The van der Waals surface area contributed by atoms with Crippen LogP contribution in [0.1, 0.15) is 11.1 Å². The lowest BCUT2D eigenvalue weighted by Gasteiger charge is -2.18. The first-order chi connectivity index (χ1) is 7.80. The van der Waals surface area contributed by atoms with Crippen molar-refractivity contribution in [1.29, 1.82) is 0 Å². The van der Waals surface area contributed by atoms with E-state index in [1.807, 2.05) is 12.1 Å². The van der Waals surface area contributed by atoms with Crippen molar-refractivity contribution in [3.8, 4) is 11.5 Å². The molecule has 0 unspecified atom stereocenters. The van der Waals surface area contributed by atoms with Crippen LogP contribution >= 0.6 is 0 Å². The van der Waals surface area contributed by atoms with E-state index in [1.165, 1.54) is 0 Å². The number of aliphatic hydroxyl groups is 1. The second-order valence-electron chi connectivity index (χ2n) is 3.60. The lowest BCUT2D eigenvalue weighted by atomic mass is 9.97. The molecule has 0 atom stereocenters. The summed E-state index contributed by atoms with van der Waals surface area (Å²) in [4.78, 5) is 4.29. The molecule has 0 bridgehead atoms. The molecule has 0 saturated heterocycles. The van der Waals surface area contributed by atoms with Gasteiger partial charge in [0.1, 0.15) is 0 Å². The summed E-state index contributed by atoms with van der Waals surface area (Å²) in [6.07, 6.45) is 0.874. The topological polar surface area (TPSA) is 51.0 Å². The normalized spacial score (nSPS) is 14.1. The van der Waals surface area contributed by atoms with E-state index in [9.17, 15) is 5.11 Å². The fourth-order valence-electron chi connectivity index (χ4n) is 1.93. The predicted octanol–water partition coefficient (Wildman–Crippen LogP) is 1.04. The molecule has 1 aliphatic heterocycles. The highest BCUT2D eigenvalue weighted by Gasteiger charge is 2.17. The number of aliphatic hydroxyl groups excluding tert-OH is 1. The molecule has 0 radical (unpaired) electrons. The predicted molar refractivity (Wildman–Crippen MR) is 61.7 cm³/mol. The zero-order valence-electron chi connectivity index (χ0n) is 9.49. The molecular weight excluding hydrogens is 206 g/mol. The molecule has 16 heavy (non-hydrogen) atoms. The van der Waals surface area contributed by atoms with Crippen molar-refractivity contribution in [3.05, 3.63) is 23.3 Å². The average Bonchev–Trinajstić information content (AvgIpc) is 2.36. The third kappa shape index (κ3) is 1.76. The van der Waals surface area contributed by atoms with Gasteiger partial charge in [0.15, 0.2) is 11.5 Å². The molecule has 1 heterocycles. The molecule has 1 aromatic carbocycles. The van der Waals surface area contributed by atoms with Crippen molar-refractivity contribution in [2.75, 3.05) is 27.4 Å². The Morgan fingerprint density at radius 3 is 2.56 bits per heavy atom. The monoisotopic (exact) mass is 221 g/mol. The van der Waals surface area contributed by atoms with Gasteiger partial charge >= 0.3 is 0 Å². The van der Waals surface area contributed by atoms with E-state index in [4.69, 9.17) is 9.47 Å². The largest absolute Gasteiger partial charge is 0.493 e. The van der Waals surface area contributed by atoms with E-state index >= 15 is 0 Å². The Bertz CT molecular complexity index is 427. The van der Waals surface area contributed by atoms with Crippen molar-refractivity contribution in [2.45, 2.75) is 6.42 Å². The number of fused-ring (bicyclic) bond motifs is 1. The Morgan fingerprint density at radius 1 is 1.25 bits per heavy atom. The molecular formula is C12H15NO3. The van der Waals surface area contributed by atoms with Crippen molar-refractivity contribution in [2.24, 2.45) is 4.99 Å². The number of hydrogen-bond donors (Lipinski definition) is 1. The standard InChI is InChI=1S/C12H15NO3/c1-15-11-5-8-3-4-13-10(7-14)9(8)6-12(11)16-2/h5-6,14H,3-4,7H2,1-2H3. The second-order valence-corrected chi connectivity index (χ2v) is 3.60. The Labute approximate surface area is 94.5 Å². The zero-order chi connectivity index (χ0) is 11.5. The summed E-state index contributed by atoms with van der Waals surface area (Å²) in [6, 6.07) is 3.83. The lowest BCUT2D eigenvalue weighted by Crippen LogP contribution is -2.16. The number of rotatable bonds is 3. The van der Waals surface area contributed by atoms with Gasteiger partial charge in [0.25, 0.3) is 0 Å². The first kappa shape index (κ1) is 11.0. The van der Waals surface area contributed by atoms with Gasteiger partial charge in [-0.2, -0.15) is 0 Å². The molecule has 0 saturated carbocycles. The molecule has 1 aliphatic rings. The summed E-state index contributed by atoms with van der Waals surface area (Å²) >= 11 is 0. The Kier molecular flexibility index (Phi) is 3.10. The number of ether oxygens (including phenoxy) is 2. The van der Waals surface area contributed by atoms with Gasteiger partial charge in [-0.3, -0.25) is 4.99 Å². The molecule has 86 valence electrons. The quantitative estimate of drug-likeness (QED) is 0.829. The molecule has 1 aromatic rings. The molecule has 0 aromatic heterocycles. The van der Waals surface area contributed by atoms with E-state index in [0.29, 0.717) is 5.75 Å². The summed E-state index contributed by atoms with van der Waals surface area (Å²) in [6.45, 7) is 0.681. The molecule has 0 fully saturated rings. The van der Waals surface area contributed by atoms with Gasteiger partial charge in [-0.1, -0.05) is 0 Å². The fourth-order valence-corrected chi connectivity index (χ4v) is 1.93. The minimum Gasteiger partial charge on any atom is -0.493 e. The van der Waals surface area contributed by atoms with Crippen molar-refractivity contribution < 1.29 is 14.6 Å². The highest BCUT2D eigenvalue weighted by atomic mass is 16.5. The van der Waals surface area contributed by atoms with Gasteiger partial charge in [-0.25, -0.2) is 0 Å². The first-order valence-corrected chi connectivity index (χ1v) is 5.19. The second kappa shape index (κ2) is 4.53. The van der Waals surface area contributed by atoms with Crippen LogP contribution in [0, 0.1) is 0 Å². The Morgan fingerprint density at radius 2 is 1.94 bits per heavy atom. The highest BCUT2D eigenvalue weighted by Crippen LogP contribution is 2.32. The molecule has 4 heteroatoms. The summed E-state index contributed by atoms with van der Waals surface area (Å²) in [5.41, 5.74) is 2.84. The van der Waals surface area contributed by atoms with Crippen LogP contribution in [-0.4, -0.2) is 38.2 Å². The summed E-state index contributed by atoms with van der Waals surface area (Å²) in [5, 5.41) is 9.23. The molecule has 0 amide bonds. The molecule has 0 aliphatic carbocycles. The maximum Gasteiger partial charge on any atom is 0.161 e. The molecule has 2 rings (SSSR count). The van der Waals surface area contributed by atoms with Crippen LogP contribution in [-0.2, 0) is 6.42 Å². The first-order valence-electron chi connectivity index (χ1n) is 5.19. The zero-order valence-corrected chi connectivity index (χ0v) is 9.49. The summed E-state index contributed by atoms with van der Waals surface area (Å²) in [7, 11) is 3.22. The maximum atomic E-state index is 9.23. The van der Waals surface area contributed by atoms with Crippen molar-refractivity contribution in [1.82, 2.24) is 0 Å². The van der Waals surface area contributed by atoms with Gasteiger partial charge in [0, 0.05) is 12.1 Å². The highest BCUT2D eigenvalue weighted by molar-refractivity contribution is 6.03. The molecule has 4 nitrogen and oxygen atoms in total. The van der Waals surface area contributed by atoms with Crippen LogP contribution in [0.25, 0.3) is 0 Å². The smallest absolute Gasteiger partial charge is 0.161 e. The van der Waals surface area contributed by atoms with E-state index in [0.717, 1.165) is 35.6 Å². The minimum atomic E-state index is -0.0392. The Balaban J connectivity index is 2.52. The number of methoxy groups -OCH3 is 2. The van der Waals surface area contributed by atoms with Crippen LogP contribution in [0.2, 0.25) is 0 Å². The third-order valence-electron chi connectivity index (χ3n) is 2.75. The SMILES string of the molecule is COc1cc2c(cc1OC)C(CO)=NCC2. The van der Waals surface area contributed by atoms with Gasteiger partial charge in [-0.15, -0.1) is 0 Å². The number of aliphatic imine (C=N–C) groups is 1. The van der Waals surface area contributed by atoms with Crippen molar-refractivity contribution in [3.63, 3.8) is 0 Å². The third-order valence-corrected chi connectivity index (χ3v) is 2.75. The summed E-state index contributed by atoms with van der Waals surface area (Å²) in [5.74, 6) is 1.39. The van der Waals surface area contributed by atoms with Gasteiger partial charge < -0.3 is 14.6 Å². The lowest BCUT2D eigenvalue weighted by molar-refractivity contribution is 0.352. The minimum absolute atomic E-state index is 0.0392. The van der Waals surface area contributed by atoms with Gasteiger partial charge in [0.05, 0.1) is 26.5 Å².